The highest BCUT2D eigenvalue weighted by molar-refractivity contribution is 6.06. The van der Waals surface area contributed by atoms with Gasteiger partial charge in [0.25, 0.3) is 5.91 Å². The number of benzene rings is 2. The highest BCUT2D eigenvalue weighted by Gasteiger charge is 2.12. The Labute approximate surface area is 149 Å². The van der Waals surface area contributed by atoms with Gasteiger partial charge in [0.2, 0.25) is 0 Å². The number of hydrogen-bond acceptors (Lipinski definition) is 4. The summed E-state index contributed by atoms with van der Waals surface area (Å²) in [5, 5.41) is 11.5. The lowest BCUT2D eigenvalue weighted by molar-refractivity contribution is -0.131. The minimum absolute atomic E-state index is 0.109. The number of carbonyl (C=O) groups is 2. The van der Waals surface area contributed by atoms with E-state index in [1.165, 1.54) is 19.3 Å². The van der Waals surface area contributed by atoms with Gasteiger partial charge in [0.05, 0.1) is 18.5 Å². The molecule has 2 aromatic carbocycles. The van der Waals surface area contributed by atoms with Crippen molar-refractivity contribution in [2.75, 3.05) is 12.4 Å². The van der Waals surface area contributed by atoms with Gasteiger partial charge in [0, 0.05) is 17.2 Å². The summed E-state index contributed by atoms with van der Waals surface area (Å²) >= 11 is 0. The maximum atomic E-state index is 12.5. The van der Waals surface area contributed by atoms with E-state index in [1.807, 2.05) is 0 Å². The second kappa shape index (κ2) is 8.34. The number of anilines is 1. The first-order valence-electron chi connectivity index (χ1n) is 7.49. The summed E-state index contributed by atoms with van der Waals surface area (Å²) in [7, 11) is 1.43. The van der Waals surface area contributed by atoms with Crippen LogP contribution in [0, 0.1) is 0 Å². The number of nitrogens with two attached hydrogens (primary N) is 2. The standard InChI is InChI=1S/C18H18N4O4/c1-26-16-11(8-9-15(23)24)4-3-7-14(16)22-17(25)12-5-2-6-13(10-12)21-18(19)20/h2-10H,1H3,(H,22,25)(H,23,24)(H4,19,20,21). The van der Waals surface area contributed by atoms with Crippen molar-refractivity contribution < 1.29 is 19.4 Å². The second-order valence-electron chi connectivity index (χ2n) is 5.14. The van der Waals surface area contributed by atoms with Crippen LogP contribution in [-0.4, -0.2) is 30.1 Å². The van der Waals surface area contributed by atoms with Gasteiger partial charge in [-0.3, -0.25) is 4.79 Å². The van der Waals surface area contributed by atoms with Gasteiger partial charge in [-0.05, 0) is 30.3 Å². The van der Waals surface area contributed by atoms with Crippen LogP contribution in [0.15, 0.2) is 53.5 Å². The normalized spacial score (nSPS) is 10.3. The summed E-state index contributed by atoms with van der Waals surface area (Å²) in [5.41, 5.74) is 12.4. The van der Waals surface area contributed by atoms with Crippen LogP contribution >= 0.6 is 0 Å². The number of ether oxygens (including phenoxy) is 1. The quantitative estimate of drug-likeness (QED) is 0.355. The van der Waals surface area contributed by atoms with Crippen LogP contribution in [0.1, 0.15) is 15.9 Å². The van der Waals surface area contributed by atoms with E-state index in [2.05, 4.69) is 10.3 Å². The van der Waals surface area contributed by atoms with Crippen molar-refractivity contribution in [3.05, 3.63) is 59.7 Å². The number of hydrogen-bond donors (Lipinski definition) is 4. The molecule has 0 fully saturated rings. The highest BCUT2D eigenvalue weighted by atomic mass is 16.5. The number of nitrogens with zero attached hydrogens (tertiary/aromatic N) is 1. The predicted molar refractivity (Wildman–Crippen MR) is 99.5 cm³/mol. The molecule has 2 aromatic rings. The molecule has 0 saturated heterocycles. The summed E-state index contributed by atoms with van der Waals surface area (Å²) in [6, 6.07) is 11.5. The molecule has 2 rings (SSSR count). The first-order chi connectivity index (χ1) is 12.4. The molecule has 26 heavy (non-hydrogen) atoms. The zero-order chi connectivity index (χ0) is 19.1. The summed E-state index contributed by atoms with van der Waals surface area (Å²) < 4.78 is 5.31. The number of aliphatic imine (C=N–C) groups is 1. The van der Waals surface area contributed by atoms with Crippen LogP contribution in [0.2, 0.25) is 0 Å². The van der Waals surface area contributed by atoms with Gasteiger partial charge in [-0.15, -0.1) is 0 Å². The van der Waals surface area contributed by atoms with Crippen molar-refractivity contribution >= 4 is 35.3 Å². The van der Waals surface area contributed by atoms with Crippen LogP contribution in [0.5, 0.6) is 5.75 Å². The lowest BCUT2D eigenvalue weighted by Gasteiger charge is -2.13. The third-order valence-electron chi connectivity index (χ3n) is 3.27. The van der Waals surface area contributed by atoms with Gasteiger partial charge < -0.3 is 26.6 Å². The highest BCUT2D eigenvalue weighted by Crippen LogP contribution is 2.30. The van der Waals surface area contributed by atoms with E-state index in [0.29, 0.717) is 28.3 Å². The topological polar surface area (TPSA) is 140 Å². The van der Waals surface area contributed by atoms with E-state index in [1.54, 1.807) is 36.4 Å². The van der Waals surface area contributed by atoms with E-state index >= 15 is 0 Å². The number of carboxylic acid groups (broad SMARTS) is 1. The fraction of sp³-hybridized carbons (Fsp3) is 0.0556. The molecule has 0 saturated carbocycles. The number of carboxylic acids is 1. The molecule has 134 valence electrons. The van der Waals surface area contributed by atoms with E-state index < -0.39 is 11.9 Å². The zero-order valence-electron chi connectivity index (χ0n) is 14.0. The largest absolute Gasteiger partial charge is 0.494 e. The van der Waals surface area contributed by atoms with E-state index in [4.69, 9.17) is 21.3 Å². The number of guanidine groups is 1. The second-order valence-corrected chi connectivity index (χ2v) is 5.14. The number of nitrogens with one attached hydrogen (secondary N) is 1. The Morgan fingerprint density at radius 3 is 2.58 bits per heavy atom. The monoisotopic (exact) mass is 354 g/mol. The number of methoxy groups -OCH3 is 1. The Morgan fingerprint density at radius 1 is 1.19 bits per heavy atom. The predicted octanol–water partition coefficient (Wildman–Crippen LogP) is 1.95. The van der Waals surface area contributed by atoms with Crippen LogP contribution in [0.4, 0.5) is 11.4 Å². The van der Waals surface area contributed by atoms with Gasteiger partial charge >= 0.3 is 5.97 Å². The van der Waals surface area contributed by atoms with E-state index in [9.17, 15) is 9.59 Å². The van der Waals surface area contributed by atoms with Crippen molar-refractivity contribution in [2.45, 2.75) is 0 Å². The first-order valence-corrected chi connectivity index (χ1v) is 7.49. The molecule has 0 bridgehead atoms. The van der Waals surface area contributed by atoms with Crippen molar-refractivity contribution in [3.63, 3.8) is 0 Å². The lowest BCUT2D eigenvalue weighted by atomic mass is 10.1. The molecule has 0 heterocycles. The Balaban J connectivity index is 2.30. The average Bonchev–Trinajstić information content (AvgIpc) is 2.59. The number of carbonyl (C=O) groups excluding carboxylic acids is 1. The van der Waals surface area contributed by atoms with Crippen LogP contribution in [0.3, 0.4) is 0 Å². The van der Waals surface area contributed by atoms with Crippen molar-refractivity contribution in [2.24, 2.45) is 16.5 Å². The Bertz CT molecular complexity index is 887. The fourth-order valence-electron chi connectivity index (χ4n) is 2.23. The Morgan fingerprint density at radius 2 is 1.92 bits per heavy atom. The van der Waals surface area contributed by atoms with Crippen molar-refractivity contribution in [1.82, 2.24) is 0 Å². The Hall–Kier alpha value is -3.81. The minimum Gasteiger partial charge on any atom is -0.494 e. The smallest absolute Gasteiger partial charge is 0.328 e. The molecule has 6 N–H and O–H groups in total. The number of aliphatic carboxylic acids is 1. The minimum atomic E-state index is -1.09. The lowest BCUT2D eigenvalue weighted by Crippen LogP contribution is -2.22. The number of amides is 1. The molecule has 0 radical (unpaired) electrons. The molecule has 0 aliphatic rings. The zero-order valence-corrected chi connectivity index (χ0v) is 14.0. The third kappa shape index (κ3) is 4.84. The van der Waals surface area contributed by atoms with E-state index in [0.717, 1.165) is 6.08 Å². The number of rotatable bonds is 6. The summed E-state index contributed by atoms with van der Waals surface area (Å²) in [4.78, 5) is 27.1. The summed E-state index contributed by atoms with van der Waals surface area (Å²) in [5.74, 6) is -1.24. The molecule has 8 heteroatoms. The molecular weight excluding hydrogens is 336 g/mol. The van der Waals surface area contributed by atoms with Crippen molar-refractivity contribution in [1.29, 1.82) is 0 Å². The van der Waals surface area contributed by atoms with Crippen LogP contribution in [0.25, 0.3) is 6.08 Å². The molecule has 1 amide bonds. The molecule has 8 nitrogen and oxygen atoms in total. The molecule has 0 unspecified atom stereocenters. The Kier molecular flexibility index (Phi) is 5.94. The van der Waals surface area contributed by atoms with Gasteiger partial charge in [-0.1, -0.05) is 18.2 Å². The first kappa shape index (κ1) is 18.5. The molecule has 0 aromatic heterocycles. The van der Waals surface area contributed by atoms with Crippen LogP contribution in [-0.2, 0) is 4.79 Å². The van der Waals surface area contributed by atoms with E-state index in [-0.39, 0.29) is 5.96 Å². The molecule has 0 aliphatic carbocycles. The maximum Gasteiger partial charge on any atom is 0.328 e. The molecule has 0 spiro atoms. The fourth-order valence-corrected chi connectivity index (χ4v) is 2.23. The average molecular weight is 354 g/mol. The maximum absolute atomic E-state index is 12.5. The van der Waals surface area contributed by atoms with Gasteiger partial charge in [0.1, 0.15) is 5.75 Å². The summed E-state index contributed by atoms with van der Waals surface area (Å²) in [6.45, 7) is 0. The molecular formula is C18H18N4O4. The van der Waals surface area contributed by atoms with Crippen LogP contribution < -0.4 is 21.5 Å². The molecule has 0 aliphatic heterocycles. The third-order valence-corrected chi connectivity index (χ3v) is 3.27. The SMILES string of the molecule is COc1c(C=CC(=O)O)cccc1NC(=O)c1cccc(N=C(N)N)c1. The molecule has 0 atom stereocenters. The van der Waals surface area contributed by atoms with Crippen molar-refractivity contribution in [3.8, 4) is 5.75 Å². The van der Waals surface area contributed by atoms with Gasteiger partial charge in [-0.2, -0.15) is 0 Å². The number of para-hydroxylation sites is 1. The van der Waals surface area contributed by atoms with Gasteiger partial charge in [-0.25, -0.2) is 9.79 Å². The van der Waals surface area contributed by atoms with Gasteiger partial charge in [0.15, 0.2) is 5.96 Å². The summed E-state index contributed by atoms with van der Waals surface area (Å²) in [6.07, 6.45) is 2.37.